The molecule has 0 saturated carbocycles. The summed E-state index contributed by atoms with van der Waals surface area (Å²) in [6.07, 6.45) is 3.95. The predicted octanol–water partition coefficient (Wildman–Crippen LogP) is 3.30. The number of nitrogens with one attached hydrogen (secondary N) is 1. The summed E-state index contributed by atoms with van der Waals surface area (Å²) in [6.45, 7) is 8.22. The molecule has 0 fully saturated rings. The Morgan fingerprint density at radius 2 is 2.22 bits per heavy atom. The van der Waals surface area contributed by atoms with Gasteiger partial charge in [0.15, 0.2) is 0 Å². The molecule has 0 bridgehead atoms. The fourth-order valence-electron chi connectivity index (χ4n) is 1.98. The lowest BCUT2D eigenvalue weighted by molar-refractivity contribution is 0.181. The van der Waals surface area contributed by atoms with Crippen LogP contribution in [0.5, 0.6) is 0 Å². The zero-order valence-corrected chi connectivity index (χ0v) is 13.3. The molecule has 0 aliphatic rings. The van der Waals surface area contributed by atoms with E-state index in [1.54, 1.807) is 7.11 Å². The van der Waals surface area contributed by atoms with Crippen molar-refractivity contribution in [3.8, 4) is 0 Å². The quantitative estimate of drug-likeness (QED) is 0.799. The highest BCUT2D eigenvalue weighted by Gasteiger charge is 2.20. The van der Waals surface area contributed by atoms with Gasteiger partial charge in [-0.25, -0.2) is 0 Å². The van der Waals surface area contributed by atoms with Gasteiger partial charge in [-0.05, 0) is 49.2 Å². The highest BCUT2D eigenvalue weighted by atomic mass is 79.9. The van der Waals surface area contributed by atoms with Gasteiger partial charge in [0, 0.05) is 19.8 Å². The minimum absolute atomic E-state index is 0.282. The van der Waals surface area contributed by atoms with Crippen LogP contribution in [0, 0.1) is 0 Å². The van der Waals surface area contributed by atoms with E-state index in [4.69, 9.17) is 4.74 Å². The smallest absolute Gasteiger partial charge is 0.0699 e. The lowest BCUT2D eigenvalue weighted by atomic mass is 10.1. The molecule has 1 atom stereocenters. The monoisotopic (exact) mass is 317 g/mol. The Morgan fingerprint density at radius 1 is 1.50 bits per heavy atom. The Bertz CT molecular complexity index is 344. The van der Waals surface area contributed by atoms with Gasteiger partial charge in [-0.3, -0.25) is 4.68 Å². The van der Waals surface area contributed by atoms with Crippen LogP contribution in [0.4, 0.5) is 0 Å². The average molecular weight is 318 g/mol. The van der Waals surface area contributed by atoms with Crippen LogP contribution in [0.25, 0.3) is 0 Å². The van der Waals surface area contributed by atoms with Crippen LogP contribution >= 0.6 is 15.9 Å². The first kappa shape index (κ1) is 15.7. The zero-order valence-electron chi connectivity index (χ0n) is 11.7. The molecule has 0 amide bonds. The minimum Gasteiger partial charge on any atom is -0.385 e. The van der Waals surface area contributed by atoms with Crippen LogP contribution < -0.4 is 5.32 Å². The van der Waals surface area contributed by atoms with Crippen LogP contribution in [0.3, 0.4) is 0 Å². The molecule has 1 rings (SSSR count). The normalized spacial score (nSPS) is 13.2. The Balaban J connectivity index is 2.91. The number of methoxy groups -OCH3 is 1. The molecule has 4 nitrogen and oxygen atoms in total. The maximum Gasteiger partial charge on any atom is 0.0699 e. The van der Waals surface area contributed by atoms with E-state index in [-0.39, 0.29) is 6.04 Å². The van der Waals surface area contributed by atoms with E-state index in [0.717, 1.165) is 30.5 Å². The molecule has 1 aromatic heterocycles. The third kappa shape index (κ3) is 4.07. The SMILES string of the molecule is CCCNC(CCOC)c1c(Br)cnn1C(C)C. The Kier molecular flexibility index (Phi) is 6.89. The number of hydrogen-bond donors (Lipinski definition) is 1. The van der Waals surface area contributed by atoms with Gasteiger partial charge in [-0.2, -0.15) is 5.10 Å². The van der Waals surface area contributed by atoms with Gasteiger partial charge in [0.05, 0.1) is 22.4 Å². The fourth-order valence-corrected chi connectivity index (χ4v) is 2.53. The summed E-state index contributed by atoms with van der Waals surface area (Å²) in [6, 6.07) is 0.643. The van der Waals surface area contributed by atoms with Gasteiger partial charge in [0.25, 0.3) is 0 Å². The molecule has 1 N–H and O–H groups in total. The van der Waals surface area contributed by atoms with E-state index in [1.807, 2.05) is 6.20 Å². The van der Waals surface area contributed by atoms with Crippen molar-refractivity contribution in [1.29, 1.82) is 0 Å². The van der Waals surface area contributed by atoms with Crippen LogP contribution in [0.15, 0.2) is 10.7 Å². The van der Waals surface area contributed by atoms with Crippen molar-refractivity contribution in [2.45, 2.75) is 45.7 Å². The summed E-state index contributed by atoms with van der Waals surface area (Å²) in [4.78, 5) is 0. The Morgan fingerprint density at radius 3 is 2.78 bits per heavy atom. The Hall–Kier alpha value is -0.390. The van der Waals surface area contributed by atoms with Gasteiger partial charge in [-0.15, -0.1) is 0 Å². The number of nitrogens with zero attached hydrogens (tertiary/aromatic N) is 2. The predicted molar refractivity (Wildman–Crippen MR) is 77.8 cm³/mol. The molecule has 0 aliphatic heterocycles. The second kappa shape index (κ2) is 7.92. The number of hydrogen-bond acceptors (Lipinski definition) is 3. The van der Waals surface area contributed by atoms with Crippen LogP contribution in [0.2, 0.25) is 0 Å². The third-order valence-corrected chi connectivity index (χ3v) is 3.47. The van der Waals surface area contributed by atoms with E-state index < -0.39 is 0 Å². The van der Waals surface area contributed by atoms with Crippen molar-refractivity contribution in [3.05, 3.63) is 16.4 Å². The van der Waals surface area contributed by atoms with Crippen molar-refractivity contribution in [3.63, 3.8) is 0 Å². The summed E-state index contributed by atoms with van der Waals surface area (Å²) >= 11 is 3.61. The van der Waals surface area contributed by atoms with Gasteiger partial charge in [-0.1, -0.05) is 6.92 Å². The second-order valence-corrected chi connectivity index (χ2v) is 5.56. The fraction of sp³-hybridized carbons (Fsp3) is 0.769. The molecule has 1 heterocycles. The third-order valence-electron chi connectivity index (χ3n) is 2.86. The van der Waals surface area contributed by atoms with E-state index in [0.29, 0.717) is 6.04 Å². The van der Waals surface area contributed by atoms with Crippen LogP contribution in [-0.2, 0) is 4.74 Å². The molecular weight excluding hydrogens is 294 g/mol. The molecule has 5 heteroatoms. The van der Waals surface area contributed by atoms with E-state index in [1.165, 1.54) is 5.69 Å². The maximum atomic E-state index is 5.21. The molecule has 0 spiro atoms. The van der Waals surface area contributed by atoms with Crippen molar-refractivity contribution >= 4 is 15.9 Å². The summed E-state index contributed by atoms with van der Waals surface area (Å²) < 4.78 is 8.35. The average Bonchev–Trinajstić information content (AvgIpc) is 2.72. The largest absolute Gasteiger partial charge is 0.385 e. The first-order valence-electron chi connectivity index (χ1n) is 6.57. The van der Waals surface area contributed by atoms with E-state index >= 15 is 0 Å². The molecule has 0 radical (unpaired) electrons. The van der Waals surface area contributed by atoms with Crippen molar-refractivity contribution in [2.75, 3.05) is 20.3 Å². The van der Waals surface area contributed by atoms with Gasteiger partial charge < -0.3 is 10.1 Å². The van der Waals surface area contributed by atoms with E-state index in [9.17, 15) is 0 Å². The lowest BCUT2D eigenvalue weighted by Crippen LogP contribution is -2.27. The first-order chi connectivity index (χ1) is 8.61. The summed E-state index contributed by atoms with van der Waals surface area (Å²) in [5.41, 5.74) is 1.22. The number of ether oxygens (including phenoxy) is 1. The maximum absolute atomic E-state index is 5.21. The van der Waals surface area contributed by atoms with Crippen LogP contribution in [-0.4, -0.2) is 30.0 Å². The lowest BCUT2D eigenvalue weighted by Gasteiger charge is -2.22. The highest BCUT2D eigenvalue weighted by Crippen LogP contribution is 2.28. The molecule has 1 unspecified atom stereocenters. The zero-order chi connectivity index (χ0) is 13.5. The molecule has 1 aromatic rings. The van der Waals surface area contributed by atoms with Crippen LogP contribution in [0.1, 0.15) is 51.4 Å². The van der Waals surface area contributed by atoms with Crippen molar-refractivity contribution in [1.82, 2.24) is 15.1 Å². The number of halogens is 1. The topological polar surface area (TPSA) is 39.1 Å². The molecular formula is C13H24BrN3O. The number of rotatable bonds is 8. The van der Waals surface area contributed by atoms with Crippen molar-refractivity contribution in [2.24, 2.45) is 0 Å². The number of aromatic nitrogens is 2. The highest BCUT2D eigenvalue weighted by molar-refractivity contribution is 9.10. The van der Waals surface area contributed by atoms with Gasteiger partial charge in [0.2, 0.25) is 0 Å². The molecule has 18 heavy (non-hydrogen) atoms. The van der Waals surface area contributed by atoms with E-state index in [2.05, 4.69) is 51.8 Å². The Labute approximate surface area is 118 Å². The second-order valence-electron chi connectivity index (χ2n) is 4.70. The molecule has 0 aromatic carbocycles. The van der Waals surface area contributed by atoms with Gasteiger partial charge >= 0.3 is 0 Å². The summed E-state index contributed by atoms with van der Waals surface area (Å²) in [5, 5.41) is 8.01. The summed E-state index contributed by atoms with van der Waals surface area (Å²) in [7, 11) is 1.74. The first-order valence-corrected chi connectivity index (χ1v) is 7.36. The van der Waals surface area contributed by atoms with Gasteiger partial charge in [0.1, 0.15) is 0 Å². The standard InChI is InChI=1S/C13H24BrN3O/c1-5-7-15-12(6-8-18-4)13-11(14)9-16-17(13)10(2)3/h9-10,12,15H,5-8H2,1-4H3. The molecule has 104 valence electrons. The minimum atomic E-state index is 0.282. The summed E-state index contributed by atoms with van der Waals surface area (Å²) in [5.74, 6) is 0. The molecule has 0 saturated heterocycles. The molecule has 0 aliphatic carbocycles. The van der Waals surface area contributed by atoms with Crippen molar-refractivity contribution < 1.29 is 4.74 Å².